The first-order valence-corrected chi connectivity index (χ1v) is 8.67. The summed E-state index contributed by atoms with van der Waals surface area (Å²) in [6.07, 6.45) is 3.11. The van der Waals surface area contributed by atoms with Crippen LogP contribution < -0.4 is 5.73 Å². The van der Waals surface area contributed by atoms with Crippen molar-refractivity contribution < 1.29 is 9.59 Å². The van der Waals surface area contributed by atoms with Gasteiger partial charge in [-0.2, -0.15) is 5.10 Å². The molecule has 3 rings (SSSR count). The number of likely N-dealkylation sites (tertiary alicyclic amines) is 1. The first-order chi connectivity index (χ1) is 12.0. The van der Waals surface area contributed by atoms with Gasteiger partial charge < -0.3 is 10.6 Å². The number of nitrogens with zero attached hydrogens (tertiary/aromatic N) is 3. The molecule has 2 aromatic rings. The van der Waals surface area contributed by atoms with Gasteiger partial charge in [0, 0.05) is 23.4 Å². The van der Waals surface area contributed by atoms with Gasteiger partial charge in [-0.05, 0) is 63.4 Å². The molecule has 132 valence electrons. The first kappa shape index (κ1) is 17.2. The van der Waals surface area contributed by atoms with Crippen molar-refractivity contribution in [3.05, 3.63) is 52.8 Å². The maximum absolute atomic E-state index is 13.0. The van der Waals surface area contributed by atoms with Crippen LogP contribution in [0.4, 0.5) is 0 Å². The predicted molar refractivity (Wildman–Crippen MR) is 95.3 cm³/mol. The van der Waals surface area contributed by atoms with Crippen molar-refractivity contribution in [3.63, 3.8) is 0 Å². The van der Waals surface area contributed by atoms with Crippen molar-refractivity contribution in [2.45, 2.75) is 45.7 Å². The third kappa shape index (κ3) is 3.73. The summed E-state index contributed by atoms with van der Waals surface area (Å²) in [5, 5.41) is 4.53. The van der Waals surface area contributed by atoms with E-state index in [0.29, 0.717) is 17.7 Å². The molecule has 6 heteroatoms. The zero-order chi connectivity index (χ0) is 18.0. The van der Waals surface area contributed by atoms with Crippen LogP contribution in [0.2, 0.25) is 0 Å². The quantitative estimate of drug-likeness (QED) is 0.927. The Labute approximate surface area is 147 Å². The second kappa shape index (κ2) is 7.09. The Morgan fingerprint density at radius 2 is 1.84 bits per heavy atom. The van der Waals surface area contributed by atoms with Gasteiger partial charge in [0.15, 0.2) is 0 Å². The van der Waals surface area contributed by atoms with Crippen molar-refractivity contribution >= 4 is 11.8 Å². The van der Waals surface area contributed by atoms with Gasteiger partial charge in [0.25, 0.3) is 5.91 Å². The van der Waals surface area contributed by atoms with Crippen molar-refractivity contribution in [3.8, 4) is 0 Å². The number of rotatable bonds is 4. The van der Waals surface area contributed by atoms with Crippen LogP contribution in [0.1, 0.15) is 51.4 Å². The summed E-state index contributed by atoms with van der Waals surface area (Å²) in [6, 6.07) is 8.76. The van der Waals surface area contributed by atoms with Gasteiger partial charge in [0.1, 0.15) is 0 Å². The molecule has 1 saturated heterocycles. The molecule has 1 aromatic carbocycles. The van der Waals surface area contributed by atoms with E-state index in [0.717, 1.165) is 37.2 Å². The van der Waals surface area contributed by atoms with E-state index in [1.807, 2.05) is 23.4 Å². The molecule has 1 aromatic heterocycles. The average molecular weight is 340 g/mol. The van der Waals surface area contributed by atoms with Crippen LogP contribution in [0.15, 0.2) is 30.3 Å². The molecule has 0 spiro atoms. The Hall–Kier alpha value is -2.63. The van der Waals surface area contributed by atoms with Crippen LogP contribution >= 0.6 is 0 Å². The molecule has 2 heterocycles. The predicted octanol–water partition coefficient (Wildman–Crippen LogP) is 2.29. The molecule has 0 unspecified atom stereocenters. The zero-order valence-corrected chi connectivity index (χ0v) is 14.7. The minimum atomic E-state index is -0.487. The molecule has 6 nitrogen and oxygen atoms in total. The van der Waals surface area contributed by atoms with Crippen LogP contribution in [0.25, 0.3) is 0 Å². The summed E-state index contributed by atoms with van der Waals surface area (Å²) in [5.74, 6) is -0.485. The lowest BCUT2D eigenvalue weighted by Crippen LogP contribution is -2.46. The number of amides is 2. The van der Waals surface area contributed by atoms with E-state index in [-0.39, 0.29) is 11.9 Å². The molecule has 0 radical (unpaired) electrons. The largest absolute Gasteiger partial charge is 0.366 e. The Kier molecular flexibility index (Phi) is 4.88. The number of benzene rings is 1. The molecule has 0 bridgehead atoms. The zero-order valence-electron chi connectivity index (χ0n) is 14.7. The summed E-state index contributed by atoms with van der Waals surface area (Å²) in [6.45, 7) is 5.48. The van der Waals surface area contributed by atoms with E-state index >= 15 is 0 Å². The average Bonchev–Trinajstić information content (AvgIpc) is 2.92. The molecule has 25 heavy (non-hydrogen) atoms. The summed E-state index contributed by atoms with van der Waals surface area (Å²) in [7, 11) is 0. The fourth-order valence-corrected chi connectivity index (χ4v) is 3.46. The van der Waals surface area contributed by atoms with Crippen molar-refractivity contribution in [1.29, 1.82) is 0 Å². The van der Waals surface area contributed by atoms with Crippen LogP contribution in [-0.4, -0.2) is 39.1 Å². The Balaban J connectivity index is 1.78. The Morgan fingerprint density at radius 1 is 1.16 bits per heavy atom. The first-order valence-electron chi connectivity index (χ1n) is 8.67. The minimum Gasteiger partial charge on any atom is -0.366 e. The molecule has 0 saturated carbocycles. The van der Waals surface area contributed by atoms with E-state index < -0.39 is 5.91 Å². The third-order valence-electron chi connectivity index (χ3n) is 4.79. The number of hydrogen-bond donors (Lipinski definition) is 1. The highest BCUT2D eigenvalue weighted by Gasteiger charge is 2.28. The summed E-state index contributed by atoms with van der Waals surface area (Å²) in [4.78, 5) is 26.1. The lowest BCUT2D eigenvalue weighted by Gasteiger charge is -2.36. The van der Waals surface area contributed by atoms with E-state index in [9.17, 15) is 9.59 Å². The number of aryl methyl sites for hydroxylation is 2. The standard InChI is InChI=1S/C19H24N4O2/c1-13-11-14(2)23(21-13)12-17-5-3-4-10-22(17)19(25)16-8-6-15(7-9-16)18(20)24/h6-9,11,17H,3-5,10,12H2,1-2H3,(H2,20,24)/t17-/m0/s1. The SMILES string of the molecule is Cc1cc(C)n(C[C@@H]2CCCCN2C(=O)c2ccc(C(N)=O)cc2)n1. The van der Waals surface area contributed by atoms with Crippen LogP contribution in [0, 0.1) is 13.8 Å². The van der Waals surface area contributed by atoms with Gasteiger partial charge in [-0.3, -0.25) is 14.3 Å². The van der Waals surface area contributed by atoms with Crippen LogP contribution in [0.3, 0.4) is 0 Å². The maximum atomic E-state index is 13.0. The lowest BCUT2D eigenvalue weighted by atomic mass is 10.00. The Bertz CT molecular complexity index is 779. The van der Waals surface area contributed by atoms with E-state index in [4.69, 9.17) is 5.73 Å². The third-order valence-corrected chi connectivity index (χ3v) is 4.79. The molecule has 1 atom stereocenters. The molecule has 1 aliphatic rings. The van der Waals surface area contributed by atoms with Crippen LogP contribution in [-0.2, 0) is 6.54 Å². The molecule has 0 aliphatic carbocycles. The Morgan fingerprint density at radius 3 is 2.44 bits per heavy atom. The number of hydrogen-bond acceptors (Lipinski definition) is 3. The number of nitrogens with two attached hydrogens (primary N) is 1. The van der Waals surface area contributed by atoms with E-state index in [1.165, 1.54) is 0 Å². The van der Waals surface area contributed by atoms with Crippen molar-refractivity contribution in [1.82, 2.24) is 14.7 Å². The molecule has 2 N–H and O–H groups in total. The molecular weight excluding hydrogens is 316 g/mol. The van der Waals surface area contributed by atoms with Gasteiger partial charge in [-0.15, -0.1) is 0 Å². The van der Waals surface area contributed by atoms with Crippen LogP contribution in [0.5, 0.6) is 0 Å². The minimum absolute atomic E-state index is 0.00208. The second-order valence-electron chi connectivity index (χ2n) is 6.70. The molecular formula is C19H24N4O2. The van der Waals surface area contributed by atoms with E-state index in [2.05, 4.69) is 11.2 Å². The van der Waals surface area contributed by atoms with Gasteiger partial charge in [-0.25, -0.2) is 0 Å². The van der Waals surface area contributed by atoms with Gasteiger partial charge in [0.2, 0.25) is 5.91 Å². The highest BCUT2D eigenvalue weighted by molar-refractivity contribution is 5.97. The summed E-state index contributed by atoms with van der Waals surface area (Å²) < 4.78 is 1.99. The number of piperidine rings is 1. The normalized spacial score (nSPS) is 17.5. The van der Waals surface area contributed by atoms with Gasteiger partial charge in [-0.1, -0.05) is 0 Å². The fourth-order valence-electron chi connectivity index (χ4n) is 3.46. The van der Waals surface area contributed by atoms with Crippen molar-refractivity contribution in [2.24, 2.45) is 5.73 Å². The summed E-state index contributed by atoms with van der Waals surface area (Å²) in [5.41, 5.74) is 8.37. The number of aromatic nitrogens is 2. The molecule has 1 fully saturated rings. The van der Waals surface area contributed by atoms with E-state index in [1.54, 1.807) is 24.3 Å². The highest BCUT2D eigenvalue weighted by atomic mass is 16.2. The lowest BCUT2D eigenvalue weighted by molar-refractivity contribution is 0.0582. The number of carbonyl (C=O) groups excluding carboxylic acids is 2. The molecule has 1 aliphatic heterocycles. The number of primary amides is 1. The topological polar surface area (TPSA) is 81.2 Å². The highest BCUT2D eigenvalue weighted by Crippen LogP contribution is 2.22. The van der Waals surface area contributed by atoms with Crippen molar-refractivity contribution in [2.75, 3.05) is 6.54 Å². The molecule has 2 amide bonds. The maximum Gasteiger partial charge on any atom is 0.254 e. The van der Waals surface area contributed by atoms with Gasteiger partial charge >= 0.3 is 0 Å². The van der Waals surface area contributed by atoms with Gasteiger partial charge in [0.05, 0.1) is 18.3 Å². The fraction of sp³-hybridized carbons (Fsp3) is 0.421. The smallest absolute Gasteiger partial charge is 0.254 e. The second-order valence-corrected chi connectivity index (χ2v) is 6.70. The number of carbonyl (C=O) groups is 2. The monoisotopic (exact) mass is 340 g/mol. The summed E-state index contributed by atoms with van der Waals surface area (Å²) >= 11 is 0.